The Morgan fingerprint density at radius 2 is 2.33 bits per heavy atom. The van der Waals surface area contributed by atoms with Gasteiger partial charge in [-0.3, -0.25) is 0 Å². The summed E-state index contributed by atoms with van der Waals surface area (Å²) in [6.07, 6.45) is 0. The molecule has 0 amide bonds. The van der Waals surface area contributed by atoms with Gasteiger partial charge in [-0.1, -0.05) is 11.6 Å². The number of hydrogen-bond donors (Lipinski definition) is 1. The van der Waals surface area contributed by atoms with Gasteiger partial charge in [0.05, 0.1) is 12.4 Å². The predicted molar refractivity (Wildman–Crippen MR) is 65.7 cm³/mol. The average molecular weight is 261 g/mol. The summed E-state index contributed by atoms with van der Waals surface area (Å²) >= 11 is 9.17. The van der Waals surface area contributed by atoms with Gasteiger partial charge in [-0.2, -0.15) is 11.8 Å². The van der Waals surface area contributed by atoms with Gasteiger partial charge in [0.2, 0.25) is 0 Å². The molecule has 1 N–H and O–H groups in total. The van der Waals surface area contributed by atoms with E-state index < -0.39 is 0 Å². The van der Waals surface area contributed by atoms with Gasteiger partial charge in [0.1, 0.15) is 15.8 Å². The number of aromatic nitrogens is 2. The Hall–Kier alpha value is -0.360. The molecule has 2 rings (SSSR count). The van der Waals surface area contributed by atoms with Crippen molar-refractivity contribution in [2.24, 2.45) is 0 Å². The molecule has 0 saturated heterocycles. The largest absolute Gasteiger partial charge is 0.396 e. The second-order valence-electron chi connectivity index (χ2n) is 2.85. The monoisotopic (exact) mass is 260 g/mol. The molecule has 0 saturated carbocycles. The van der Waals surface area contributed by atoms with E-state index in [4.69, 9.17) is 16.7 Å². The molecule has 2 heterocycles. The molecular formula is C9H9ClN2OS2. The first-order chi connectivity index (χ1) is 7.31. The highest BCUT2D eigenvalue weighted by Gasteiger charge is 2.06. The van der Waals surface area contributed by atoms with Crippen LogP contribution in [0.3, 0.4) is 0 Å². The van der Waals surface area contributed by atoms with Crippen molar-refractivity contribution in [3.05, 3.63) is 22.4 Å². The van der Waals surface area contributed by atoms with Crippen molar-refractivity contribution in [1.29, 1.82) is 0 Å². The fourth-order valence-corrected chi connectivity index (χ4v) is 2.83. The van der Waals surface area contributed by atoms with E-state index in [1.54, 1.807) is 23.1 Å². The zero-order valence-electron chi connectivity index (χ0n) is 7.81. The molecule has 0 radical (unpaired) electrons. The van der Waals surface area contributed by atoms with Gasteiger partial charge >= 0.3 is 0 Å². The fraction of sp³-hybridized carbons (Fsp3) is 0.333. The summed E-state index contributed by atoms with van der Waals surface area (Å²) in [6, 6.07) is 1.92. The molecule has 0 aliphatic heterocycles. The summed E-state index contributed by atoms with van der Waals surface area (Å²) in [6.45, 7) is 0.180. The van der Waals surface area contributed by atoms with E-state index in [0.717, 1.165) is 16.0 Å². The number of aliphatic hydroxyl groups is 1. The van der Waals surface area contributed by atoms with Crippen LogP contribution < -0.4 is 0 Å². The molecule has 0 atom stereocenters. The maximum absolute atomic E-state index is 8.65. The normalized spacial score (nSPS) is 11.1. The van der Waals surface area contributed by atoms with Crippen molar-refractivity contribution in [2.75, 3.05) is 12.4 Å². The SMILES string of the molecule is OCCSCc1nc(Cl)c2ccsc2n1. The third kappa shape index (κ3) is 2.60. The van der Waals surface area contributed by atoms with Gasteiger partial charge in [0.25, 0.3) is 0 Å². The van der Waals surface area contributed by atoms with Gasteiger partial charge in [-0.25, -0.2) is 9.97 Å². The van der Waals surface area contributed by atoms with Crippen LogP contribution in [-0.4, -0.2) is 27.4 Å². The van der Waals surface area contributed by atoms with Crippen molar-refractivity contribution in [3.8, 4) is 0 Å². The Kier molecular flexibility index (Phi) is 3.80. The molecule has 0 aliphatic rings. The van der Waals surface area contributed by atoms with Crippen molar-refractivity contribution in [1.82, 2.24) is 9.97 Å². The standard InChI is InChI=1S/C9H9ClN2OS2/c10-8-6-1-3-15-9(6)12-7(11-8)5-14-4-2-13/h1,3,13H,2,4-5H2. The Balaban J connectivity index is 2.21. The number of aliphatic hydroxyl groups excluding tert-OH is 1. The smallest absolute Gasteiger partial charge is 0.141 e. The minimum Gasteiger partial charge on any atom is -0.396 e. The molecule has 0 fully saturated rings. The van der Waals surface area contributed by atoms with E-state index in [0.29, 0.717) is 16.7 Å². The van der Waals surface area contributed by atoms with E-state index in [2.05, 4.69) is 9.97 Å². The number of hydrogen-bond acceptors (Lipinski definition) is 5. The number of halogens is 1. The van der Waals surface area contributed by atoms with Gasteiger partial charge in [0.15, 0.2) is 0 Å². The van der Waals surface area contributed by atoms with Gasteiger partial charge in [-0.05, 0) is 11.4 Å². The highest BCUT2D eigenvalue weighted by atomic mass is 35.5. The topological polar surface area (TPSA) is 46.0 Å². The van der Waals surface area contributed by atoms with Crippen LogP contribution >= 0.6 is 34.7 Å². The lowest BCUT2D eigenvalue weighted by Crippen LogP contribution is -1.95. The van der Waals surface area contributed by atoms with Gasteiger partial charge in [-0.15, -0.1) is 11.3 Å². The minimum absolute atomic E-state index is 0.180. The summed E-state index contributed by atoms with van der Waals surface area (Å²) in [5.41, 5.74) is 0. The van der Waals surface area contributed by atoms with Crippen LogP contribution in [0.1, 0.15) is 5.82 Å². The van der Waals surface area contributed by atoms with Crippen LogP contribution in [0.4, 0.5) is 0 Å². The highest BCUT2D eigenvalue weighted by Crippen LogP contribution is 2.25. The third-order valence-electron chi connectivity index (χ3n) is 1.79. The molecule has 2 aromatic rings. The molecule has 0 bridgehead atoms. The Labute approximate surface area is 101 Å². The lowest BCUT2D eigenvalue weighted by molar-refractivity contribution is 0.322. The van der Waals surface area contributed by atoms with Crippen LogP contribution in [-0.2, 0) is 5.75 Å². The maximum Gasteiger partial charge on any atom is 0.141 e. The molecule has 15 heavy (non-hydrogen) atoms. The number of thioether (sulfide) groups is 1. The van der Waals surface area contributed by atoms with Gasteiger partial charge in [0, 0.05) is 11.1 Å². The van der Waals surface area contributed by atoms with Crippen LogP contribution in [0, 0.1) is 0 Å². The number of rotatable bonds is 4. The second kappa shape index (κ2) is 5.12. The molecule has 0 aromatic carbocycles. The molecule has 3 nitrogen and oxygen atoms in total. The van der Waals surface area contributed by atoms with E-state index in [-0.39, 0.29) is 6.61 Å². The molecule has 6 heteroatoms. The zero-order valence-corrected chi connectivity index (χ0v) is 10.2. The summed E-state index contributed by atoms with van der Waals surface area (Å²) in [4.78, 5) is 9.52. The predicted octanol–water partition coefficient (Wildman–Crippen LogP) is 2.57. The third-order valence-corrected chi connectivity index (χ3v) is 3.82. The number of fused-ring (bicyclic) bond motifs is 1. The van der Waals surface area contributed by atoms with Crippen molar-refractivity contribution < 1.29 is 5.11 Å². The number of thiophene rings is 1. The molecule has 80 valence electrons. The van der Waals surface area contributed by atoms with Gasteiger partial charge < -0.3 is 5.11 Å². The van der Waals surface area contributed by atoms with Crippen LogP contribution in [0.15, 0.2) is 11.4 Å². The molecule has 0 spiro atoms. The highest BCUT2D eigenvalue weighted by molar-refractivity contribution is 7.98. The molecule has 0 unspecified atom stereocenters. The van der Waals surface area contributed by atoms with Crippen LogP contribution in [0.25, 0.3) is 10.2 Å². The maximum atomic E-state index is 8.65. The summed E-state index contributed by atoms with van der Waals surface area (Å²) in [5, 5.41) is 12.0. The van der Waals surface area contributed by atoms with E-state index in [9.17, 15) is 0 Å². The van der Waals surface area contributed by atoms with Crippen molar-refractivity contribution in [3.63, 3.8) is 0 Å². The summed E-state index contributed by atoms with van der Waals surface area (Å²) in [5.74, 6) is 2.12. The first kappa shape index (κ1) is 11.1. The van der Waals surface area contributed by atoms with Crippen molar-refractivity contribution >= 4 is 44.9 Å². The second-order valence-corrected chi connectivity index (χ2v) is 5.20. The number of nitrogens with zero attached hydrogens (tertiary/aromatic N) is 2. The summed E-state index contributed by atoms with van der Waals surface area (Å²) < 4.78 is 0. The van der Waals surface area contributed by atoms with E-state index >= 15 is 0 Å². The molecular weight excluding hydrogens is 252 g/mol. The summed E-state index contributed by atoms with van der Waals surface area (Å²) in [7, 11) is 0. The average Bonchev–Trinajstić information content (AvgIpc) is 2.66. The fourth-order valence-electron chi connectivity index (χ4n) is 1.15. The van der Waals surface area contributed by atoms with Crippen LogP contribution in [0.5, 0.6) is 0 Å². The molecule has 2 aromatic heterocycles. The van der Waals surface area contributed by atoms with E-state index in [1.165, 1.54) is 0 Å². The first-order valence-corrected chi connectivity index (χ1v) is 6.80. The Morgan fingerprint density at radius 1 is 1.47 bits per heavy atom. The first-order valence-electron chi connectivity index (χ1n) is 4.39. The van der Waals surface area contributed by atoms with E-state index in [1.807, 2.05) is 11.4 Å². The quantitative estimate of drug-likeness (QED) is 0.678. The van der Waals surface area contributed by atoms with Crippen molar-refractivity contribution in [2.45, 2.75) is 5.75 Å². The lowest BCUT2D eigenvalue weighted by atomic mass is 10.4. The Morgan fingerprint density at radius 3 is 3.13 bits per heavy atom. The molecule has 0 aliphatic carbocycles. The Bertz CT molecular complexity index is 460. The zero-order chi connectivity index (χ0) is 10.7. The van der Waals surface area contributed by atoms with Crippen LogP contribution in [0.2, 0.25) is 5.15 Å². The minimum atomic E-state index is 0.180. The lowest BCUT2D eigenvalue weighted by Gasteiger charge is -2.00.